The molecule has 242 valence electrons. The molecule has 0 bridgehead atoms. The van der Waals surface area contributed by atoms with Crippen molar-refractivity contribution < 1.29 is 8.83 Å². The summed E-state index contributed by atoms with van der Waals surface area (Å²) in [4.78, 5) is 27.4. The fourth-order valence-electron chi connectivity index (χ4n) is 8.16. The van der Waals surface area contributed by atoms with Gasteiger partial charge in [-0.25, -0.2) is 9.59 Å². The van der Waals surface area contributed by atoms with Crippen LogP contribution in [0.25, 0.3) is 93.2 Å². The number of nitrogens with zero attached hydrogens (tertiary/aromatic N) is 1. The van der Waals surface area contributed by atoms with Gasteiger partial charge >= 0.3 is 11.3 Å². The van der Waals surface area contributed by atoms with Crippen molar-refractivity contribution in [2.45, 2.75) is 13.8 Å². The number of rotatable bonds is 3. The van der Waals surface area contributed by atoms with Gasteiger partial charge in [-0.05, 0) is 106 Å². The van der Waals surface area contributed by atoms with Crippen LogP contribution in [0.5, 0.6) is 0 Å². The third-order valence-corrected chi connectivity index (χ3v) is 10.5. The van der Waals surface area contributed by atoms with Crippen molar-refractivity contribution in [1.29, 1.82) is 0 Å². The maximum atomic E-state index is 13.7. The van der Waals surface area contributed by atoms with Crippen LogP contribution in [0.1, 0.15) is 11.1 Å². The summed E-state index contributed by atoms with van der Waals surface area (Å²) < 4.78 is 14.2. The van der Waals surface area contributed by atoms with E-state index < -0.39 is 0 Å². The van der Waals surface area contributed by atoms with E-state index in [-0.39, 0.29) is 11.3 Å². The fraction of sp³-hybridized carbons (Fsp3) is 0.0435. The van der Waals surface area contributed by atoms with Gasteiger partial charge < -0.3 is 13.4 Å². The van der Waals surface area contributed by atoms with Gasteiger partial charge in [-0.3, -0.25) is 0 Å². The number of fused-ring (bicyclic) bond motifs is 9. The zero-order valence-electron chi connectivity index (χ0n) is 27.9. The molecular formula is C46H29NO4. The van der Waals surface area contributed by atoms with Gasteiger partial charge in [0.25, 0.3) is 0 Å². The number of aryl methyl sites for hydroxylation is 2. The first-order chi connectivity index (χ1) is 25.0. The predicted octanol–water partition coefficient (Wildman–Crippen LogP) is 11.3. The van der Waals surface area contributed by atoms with Gasteiger partial charge in [0.15, 0.2) is 0 Å². The average molecular weight is 660 g/mol. The second-order valence-corrected chi connectivity index (χ2v) is 13.2. The van der Waals surface area contributed by atoms with Crippen LogP contribution in [0.2, 0.25) is 0 Å². The quantitative estimate of drug-likeness (QED) is 0.140. The first-order valence-corrected chi connectivity index (χ1v) is 17.0. The van der Waals surface area contributed by atoms with Gasteiger partial charge in [0.05, 0.1) is 22.2 Å². The normalized spacial score (nSPS) is 11.9. The van der Waals surface area contributed by atoms with Gasteiger partial charge in [0.2, 0.25) is 0 Å². The minimum atomic E-state index is -0.376. The highest BCUT2D eigenvalue weighted by Crippen LogP contribution is 2.40. The van der Waals surface area contributed by atoms with Crippen LogP contribution < -0.4 is 11.3 Å². The summed E-state index contributed by atoms with van der Waals surface area (Å²) in [6.45, 7) is 4.00. The number of aromatic nitrogens is 1. The first-order valence-electron chi connectivity index (χ1n) is 17.0. The first kappa shape index (κ1) is 29.2. The zero-order chi connectivity index (χ0) is 34.4. The van der Waals surface area contributed by atoms with Crippen molar-refractivity contribution in [3.63, 3.8) is 0 Å². The third kappa shape index (κ3) is 4.28. The molecule has 0 atom stereocenters. The average Bonchev–Trinajstić information content (AvgIpc) is 3.47. The molecule has 0 amide bonds. The van der Waals surface area contributed by atoms with Crippen molar-refractivity contribution in [2.75, 3.05) is 0 Å². The van der Waals surface area contributed by atoms with E-state index in [1.54, 1.807) is 0 Å². The smallest absolute Gasteiger partial charge is 0.344 e. The molecule has 0 aliphatic carbocycles. The SMILES string of the molecule is Cc1c(-c2ccc3c(c2)c2cc(-c4c(C)c5c(ccc6ccccc65)oc4=O)ccc2n3-c2ccccc2)c(=O)oc2ccc3ccccc3c12. The molecular weight excluding hydrogens is 631 g/mol. The summed E-state index contributed by atoms with van der Waals surface area (Å²) in [5.74, 6) is 0. The molecule has 7 aromatic carbocycles. The van der Waals surface area contributed by atoms with Crippen LogP contribution in [0.4, 0.5) is 0 Å². The van der Waals surface area contributed by atoms with Crippen molar-refractivity contribution in [2.24, 2.45) is 0 Å². The maximum absolute atomic E-state index is 13.7. The lowest BCUT2D eigenvalue weighted by molar-refractivity contribution is 0.562. The van der Waals surface area contributed by atoms with E-state index in [4.69, 9.17) is 8.83 Å². The lowest BCUT2D eigenvalue weighted by Gasteiger charge is -2.11. The number of para-hydroxylation sites is 1. The van der Waals surface area contributed by atoms with Crippen LogP contribution in [0.15, 0.2) is 158 Å². The Labute approximate surface area is 291 Å². The molecule has 3 aromatic heterocycles. The molecule has 0 spiro atoms. The van der Waals surface area contributed by atoms with E-state index in [2.05, 4.69) is 65.2 Å². The second-order valence-electron chi connectivity index (χ2n) is 13.2. The molecule has 0 saturated carbocycles. The summed E-state index contributed by atoms with van der Waals surface area (Å²) in [6, 6.07) is 46.6. The van der Waals surface area contributed by atoms with Crippen LogP contribution in [-0.4, -0.2) is 4.57 Å². The van der Waals surface area contributed by atoms with E-state index in [0.717, 1.165) is 82.1 Å². The van der Waals surface area contributed by atoms with Crippen molar-refractivity contribution >= 4 is 65.3 Å². The molecule has 0 N–H and O–H groups in total. The molecule has 0 aliphatic rings. The monoisotopic (exact) mass is 659 g/mol. The number of hydrogen-bond donors (Lipinski definition) is 0. The van der Waals surface area contributed by atoms with Crippen LogP contribution in [-0.2, 0) is 0 Å². The van der Waals surface area contributed by atoms with Crippen molar-refractivity contribution in [1.82, 2.24) is 4.57 Å². The molecule has 0 unspecified atom stereocenters. The Bertz CT molecular complexity index is 3000. The molecule has 5 heteroatoms. The Kier molecular flexibility index (Phi) is 6.24. The Morgan fingerprint density at radius 2 is 0.902 bits per heavy atom. The van der Waals surface area contributed by atoms with Gasteiger partial charge in [0.1, 0.15) is 11.2 Å². The van der Waals surface area contributed by atoms with Crippen LogP contribution in [0, 0.1) is 13.8 Å². The Balaban J connectivity index is 1.26. The summed E-state index contributed by atoms with van der Waals surface area (Å²) in [6.07, 6.45) is 0. The topological polar surface area (TPSA) is 65.3 Å². The molecule has 0 aliphatic heterocycles. The van der Waals surface area contributed by atoms with E-state index in [1.807, 2.05) is 92.7 Å². The molecule has 0 radical (unpaired) electrons. The standard InChI is InChI=1S/C46H29NO4/c1-26-41(45(48)50-39-22-18-28-10-6-8-14-33(28)43(26)39)30-16-20-37-35(24-30)36-25-31(17-21-38(36)47(37)32-12-4-3-5-13-32)42-27(2)44-34-15-9-7-11-29(34)19-23-40(44)51-46(42)49/h3-25H,1-2H3. The predicted molar refractivity (Wildman–Crippen MR) is 208 cm³/mol. The van der Waals surface area contributed by atoms with E-state index in [1.165, 1.54) is 0 Å². The number of benzene rings is 7. The summed E-state index contributed by atoms with van der Waals surface area (Å²) in [7, 11) is 0. The fourth-order valence-corrected chi connectivity index (χ4v) is 8.16. The van der Waals surface area contributed by atoms with Crippen LogP contribution in [0.3, 0.4) is 0 Å². The number of hydrogen-bond acceptors (Lipinski definition) is 4. The maximum Gasteiger partial charge on any atom is 0.344 e. The highest BCUT2D eigenvalue weighted by atomic mass is 16.4. The molecule has 5 nitrogen and oxygen atoms in total. The molecule has 0 fully saturated rings. The minimum Gasteiger partial charge on any atom is -0.422 e. The van der Waals surface area contributed by atoms with E-state index >= 15 is 0 Å². The molecule has 10 rings (SSSR count). The lowest BCUT2D eigenvalue weighted by atomic mass is 9.94. The van der Waals surface area contributed by atoms with Gasteiger partial charge in [-0.2, -0.15) is 0 Å². The molecule has 10 aromatic rings. The highest BCUT2D eigenvalue weighted by Gasteiger charge is 2.21. The van der Waals surface area contributed by atoms with Gasteiger partial charge in [-0.15, -0.1) is 0 Å². The molecule has 3 heterocycles. The van der Waals surface area contributed by atoms with Crippen molar-refractivity contribution in [3.8, 4) is 27.9 Å². The summed E-state index contributed by atoms with van der Waals surface area (Å²) >= 11 is 0. The lowest BCUT2D eigenvalue weighted by Crippen LogP contribution is -2.06. The molecule has 0 saturated heterocycles. The van der Waals surface area contributed by atoms with Crippen molar-refractivity contribution in [3.05, 3.63) is 171 Å². The zero-order valence-corrected chi connectivity index (χ0v) is 27.9. The van der Waals surface area contributed by atoms with E-state index in [0.29, 0.717) is 22.3 Å². The Morgan fingerprint density at radius 3 is 1.39 bits per heavy atom. The second kappa shape index (κ2) is 10.9. The largest absolute Gasteiger partial charge is 0.422 e. The summed E-state index contributed by atoms with van der Waals surface area (Å²) in [5.41, 5.74) is 7.75. The third-order valence-electron chi connectivity index (χ3n) is 10.5. The van der Waals surface area contributed by atoms with Crippen LogP contribution >= 0.6 is 0 Å². The highest BCUT2D eigenvalue weighted by molar-refractivity contribution is 6.14. The minimum absolute atomic E-state index is 0.376. The Hall–Kier alpha value is -6.72. The van der Waals surface area contributed by atoms with Gasteiger partial charge in [-0.1, -0.05) is 91.0 Å². The van der Waals surface area contributed by atoms with E-state index in [9.17, 15) is 9.59 Å². The molecule has 51 heavy (non-hydrogen) atoms. The van der Waals surface area contributed by atoms with Gasteiger partial charge in [0, 0.05) is 27.2 Å². The summed E-state index contributed by atoms with van der Waals surface area (Å²) in [5, 5.41) is 8.04. The Morgan fingerprint density at radius 1 is 0.451 bits per heavy atom.